The maximum Gasteiger partial charge on any atom is 0.272 e. The summed E-state index contributed by atoms with van der Waals surface area (Å²) in [4.78, 5) is 14.6. The predicted molar refractivity (Wildman–Crippen MR) is 83.1 cm³/mol. The molecule has 2 saturated heterocycles. The number of aromatic nitrogens is 2. The zero-order chi connectivity index (χ0) is 16.8. The summed E-state index contributed by atoms with van der Waals surface area (Å²) < 4.78 is 7.46. The van der Waals surface area contributed by atoms with Crippen molar-refractivity contribution >= 4 is 5.91 Å². The van der Waals surface area contributed by atoms with E-state index in [1.165, 1.54) is 0 Å². The van der Waals surface area contributed by atoms with Gasteiger partial charge in [0.15, 0.2) is 0 Å². The van der Waals surface area contributed by atoms with Crippen molar-refractivity contribution in [3.05, 3.63) is 17.0 Å². The highest BCUT2D eigenvalue weighted by Gasteiger charge is 2.44. The molecular weight excluding hydrogens is 298 g/mol. The van der Waals surface area contributed by atoms with E-state index in [-0.39, 0.29) is 12.5 Å². The van der Waals surface area contributed by atoms with E-state index in [0.717, 1.165) is 11.3 Å². The zero-order valence-corrected chi connectivity index (χ0v) is 13.9. The Labute approximate surface area is 135 Å². The fraction of sp³-hybridized carbons (Fsp3) is 0.750. The van der Waals surface area contributed by atoms with Crippen LogP contribution in [0.1, 0.15) is 41.0 Å². The molecule has 2 aliphatic rings. The minimum absolute atomic E-state index is 0.00292. The molecule has 2 fully saturated rings. The van der Waals surface area contributed by atoms with Crippen LogP contribution in [0.2, 0.25) is 0 Å². The number of aliphatic hydroxyl groups is 2. The molecule has 0 aliphatic carbocycles. The lowest BCUT2D eigenvalue weighted by Crippen LogP contribution is -2.55. The Morgan fingerprint density at radius 1 is 1.26 bits per heavy atom. The molecule has 7 heteroatoms. The number of rotatable bonds is 1. The molecule has 2 atom stereocenters. The van der Waals surface area contributed by atoms with Crippen LogP contribution in [0, 0.1) is 13.8 Å². The van der Waals surface area contributed by atoms with Crippen LogP contribution in [0.25, 0.3) is 0 Å². The van der Waals surface area contributed by atoms with Gasteiger partial charge in [-0.15, -0.1) is 0 Å². The molecule has 0 radical (unpaired) electrons. The van der Waals surface area contributed by atoms with Gasteiger partial charge >= 0.3 is 0 Å². The number of nitrogens with zero attached hydrogens (tertiary/aromatic N) is 3. The van der Waals surface area contributed by atoms with E-state index in [9.17, 15) is 15.0 Å². The van der Waals surface area contributed by atoms with E-state index >= 15 is 0 Å². The molecule has 128 valence electrons. The van der Waals surface area contributed by atoms with Crippen molar-refractivity contribution in [1.29, 1.82) is 0 Å². The molecule has 0 aromatic carbocycles. The normalized spacial score (nSPS) is 27.4. The molecule has 3 heterocycles. The predicted octanol–water partition coefficient (Wildman–Crippen LogP) is 0.154. The molecule has 1 aromatic heterocycles. The summed E-state index contributed by atoms with van der Waals surface area (Å²) >= 11 is 0. The summed E-state index contributed by atoms with van der Waals surface area (Å²) in [5.74, 6) is -0.00292. The molecular formula is C16H25N3O4. The average molecular weight is 323 g/mol. The van der Waals surface area contributed by atoms with Crippen molar-refractivity contribution in [3.8, 4) is 0 Å². The highest BCUT2D eigenvalue weighted by Crippen LogP contribution is 2.35. The van der Waals surface area contributed by atoms with Crippen molar-refractivity contribution in [3.63, 3.8) is 0 Å². The standard InChI is InChI=1S/C16H25N3O4/c1-10-11(2)17-18(3)14(10)15(22)19-6-4-16(5-7-19)8-12(20)13(21)9-23-16/h12-13,20-21H,4-9H2,1-3H3/t12-,13+/m1/s1. The van der Waals surface area contributed by atoms with E-state index in [4.69, 9.17) is 4.74 Å². The number of aryl methyl sites for hydroxylation is 2. The highest BCUT2D eigenvalue weighted by atomic mass is 16.5. The SMILES string of the molecule is Cc1nn(C)c(C(=O)N2CCC3(CC2)C[C@@H](O)[C@@H](O)CO3)c1C. The van der Waals surface area contributed by atoms with Gasteiger partial charge in [-0.1, -0.05) is 0 Å². The quantitative estimate of drug-likeness (QED) is 0.768. The molecule has 2 N–H and O–H groups in total. The maximum atomic E-state index is 12.8. The van der Waals surface area contributed by atoms with Gasteiger partial charge in [-0.2, -0.15) is 5.10 Å². The van der Waals surface area contributed by atoms with Gasteiger partial charge in [0, 0.05) is 32.1 Å². The van der Waals surface area contributed by atoms with Crippen molar-refractivity contribution in [2.45, 2.75) is 50.9 Å². The van der Waals surface area contributed by atoms with Crippen molar-refractivity contribution < 1.29 is 19.7 Å². The lowest BCUT2D eigenvalue weighted by atomic mass is 9.82. The van der Waals surface area contributed by atoms with Crippen molar-refractivity contribution in [1.82, 2.24) is 14.7 Å². The third-order valence-electron chi connectivity index (χ3n) is 5.27. The molecule has 23 heavy (non-hydrogen) atoms. The molecule has 0 saturated carbocycles. The van der Waals surface area contributed by atoms with E-state index in [0.29, 0.717) is 38.0 Å². The largest absolute Gasteiger partial charge is 0.390 e. The van der Waals surface area contributed by atoms with E-state index in [2.05, 4.69) is 5.10 Å². The monoisotopic (exact) mass is 323 g/mol. The number of hydrogen-bond donors (Lipinski definition) is 2. The molecule has 1 amide bonds. The first-order valence-electron chi connectivity index (χ1n) is 8.12. The lowest BCUT2D eigenvalue weighted by molar-refractivity contribution is -0.185. The van der Waals surface area contributed by atoms with Gasteiger partial charge < -0.3 is 19.8 Å². The van der Waals surface area contributed by atoms with Crippen molar-refractivity contribution in [2.75, 3.05) is 19.7 Å². The first kappa shape index (κ1) is 16.4. The van der Waals surface area contributed by atoms with Crippen LogP contribution in [-0.4, -0.2) is 68.3 Å². The minimum atomic E-state index is -0.805. The molecule has 1 aromatic rings. The Kier molecular flexibility index (Phi) is 4.20. The number of aliphatic hydroxyl groups excluding tert-OH is 2. The Bertz CT molecular complexity index is 605. The Hall–Kier alpha value is -1.44. The van der Waals surface area contributed by atoms with Crippen LogP contribution in [0.4, 0.5) is 0 Å². The van der Waals surface area contributed by atoms with Gasteiger partial charge in [-0.05, 0) is 26.7 Å². The number of hydrogen-bond acceptors (Lipinski definition) is 5. The van der Waals surface area contributed by atoms with Gasteiger partial charge in [0.05, 0.1) is 24.0 Å². The van der Waals surface area contributed by atoms with Gasteiger partial charge in [0.25, 0.3) is 5.91 Å². The molecule has 2 aliphatic heterocycles. The summed E-state index contributed by atoms with van der Waals surface area (Å²) in [6, 6.07) is 0. The summed E-state index contributed by atoms with van der Waals surface area (Å²) in [6.45, 7) is 5.16. The molecule has 0 bridgehead atoms. The summed E-state index contributed by atoms with van der Waals surface area (Å²) in [5.41, 5.74) is 2.02. The van der Waals surface area contributed by atoms with Crippen LogP contribution < -0.4 is 0 Å². The summed E-state index contributed by atoms with van der Waals surface area (Å²) in [5, 5.41) is 23.8. The number of ether oxygens (including phenoxy) is 1. The van der Waals surface area contributed by atoms with Gasteiger partial charge in [0.1, 0.15) is 11.8 Å². The first-order valence-corrected chi connectivity index (χ1v) is 8.12. The van der Waals surface area contributed by atoms with Crippen LogP contribution >= 0.6 is 0 Å². The second kappa shape index (κ2) is 5.89. The van der Waals surface area contributed by atoms with Crippen LogP contribution in [0.5, 0.6) is 0 Å². The van der Waals surface area contributed by atoms with Crippen LogP contribution in [-0.2, 0) is 11.8 Å². The fourth-order valence-corrected chi connectivity index (χ4v) is 3.63. The number of amides is 1. The second-order valence-corrected chi connectivity index (χ2v) is 6.81. The van der Waals surface area contributed by atoms with Gasteiger partial charge in [-0.25, -0.2) is 0 Å². The van der Waals surface area contributed by atoms with Crippen LogP contribution in [0.15, 0.2) is 0 Å². The number of carbonyl (C=O) groups is 1. The molecule has 1 spiro atoms. The third-order valence-corrected chi connectivity index (χ3v) is 5.27. The zero-order valence-electron chi connectivity index (χ0n) is 13.9. The minimum Gasteiger partial charge on any atom is -0.390 e. The van der Waals surface area contributed by atoms with Crippen molar-refractivity contribution in [2.24, 2.45) is 7.05 Å². The molecule has 7 nitrogen and oxygen atoms in total. The number of likely N-dealkylation sites (tertiary alicyclic amines) is 1. The third kappa shape index (κ3) is 2.88. The first-order chi connectivity index (χ1) is 10.8. The smallest absolute Gasteiger partial charge is 0.272 e. The highest BCUT2D eigenvalue weighted by molar-refractivity contribution is 5.94. The maximum absolute atomic E-state index is 12.8. The van der Waals surface area contributed by atoms with Gasteiger partial charge in [-0.3, -0.25) is 9.48 Å². The van der Waals surface area contributed by atoms with E-state index in [1.54, 1.807) is 11.7 Å². The summed E-state index contributed by atoms with van der Waals surface area (Å²) in [7, 11) is 1.79. The van der Waals surface area contributed by atoms with Crippen LogP contribution in [0.3, 0.4) is 0 Å². The molecule has 0 unspecified atom stereocenters. The average Bonchev–Trinajstić information content (AvgIpc) is 2.77. The Morgan fingerprint density at radius 3 is 2.43 bits per heavy atom. The number of piperidine rings is 1. The second-order valence-electron chi connectivity index (χ2n) is 6.81. The fourth-order valence-electron chi connectivity index (χ4n) is 3.63. The van der Waals surface area contributed by atoms with E-state index in [1.807, 2.05) is 18.7 Å². The topological polar surface area (TPSA) is 87.8 Å². The summed E-state index contributed by atoms with van der Waals surface area (Å²) in [6.07, 6.45) is 0.241. The Morgan fingerprint density at radius 2 is 1.91 bits per heavy atom. The lowest BCUT2D eigenvalue weighted by Gasteiger charge is -2.46. The van der Waals surface area contributed by atoms with Gasteiger partial charge in [0.2, 0.25) is 0 Å². The molecule has 3 rings (SSSR count). The number of carbonyl (C=O) groups excluding carboxylic acids is 1. The Balaban J connectivity index is 1.68. The van der Waals surface area contributed by atoms with E-state index < -0.39 is 17.8 Å².